The van der Waals surface area contributed by atoms with E-state index >= 15 is 0 Å². The summed E-state index contributed by atoms with van der Waals surface area (Å²) in [6, 6.07) is 3.54. The number of fused-ring (bicyclic) bond motifs is 1. The van der Waals surface area contributed by atoms with Crippen molar-refractivity contribution < 1.29 is 28.7 Å². The van der Waals surface area contributed by atoms with E-state index in [1.165, 1.54) is 30.0 Å². The van der Waals surface area contributed by atoms with Crippen LogP contribution in [0.25, 0.3) is 0 Å². The summed E-state index contributed by atoms with van der Waals surface area (Å²) in [4.78, 5) is 63.1. The van der Waals surface area contributed by atoms with E-state index in [0.29, 0.717) is 0 Å². The molecule has 0 bridgehead atoms. The van der Waals surface area contributed by atoms with E-state index < -0.39 is 29.9 Å². The second-order valence-electron chi connectivity index (χ2n) is 8.32. The van der Waals surface area contributed by atoms with Crippen LogP contribution in [-0.2, 0) is 9.53 Å². The minimum atomic E-state index is -1.21. The Morgan fingerprint density at radius 1 is 1.00 bits per heavy atom. The molecule has 0 spiro atoms. The van der Waals surface area contributed by atoms with Gasteiger partial charge in [-0.15, -0.1) is 0 Å². The van der Waals surface area contributed by atoms with Crippen molar-refractivity contribution in [3.63, 3.8) is 0 Å². The number of hydrogen-bond donors (Lipinski definition) is 2. The number of ether oxygens (including phenoxy) is 1. The molecule has 164 valence electrons. The Morgan fingerprint density at radius 2 is 1.68 bits per heavy atom. The maximum absolute atomic E-state index is 12.9. The summed E-state index contributed by atoms with van der Waals surface area (Å²) >= 11 is 0. The number of amides is 5. The molecule has 1 atom stereocenters. The molecule has 0 radical (unpaired) electrons. The minimum absolute atomic E-state index is 0.0625. The number of carbonyl (C=O) groups is 5. The first-order chi connectivity index (χ1) is 14.8. The fraction of sp³-hybridized carbons (Fsp3) is 0.500. The highest BCUT2D eigenvalue weighted by Gasteiger charge is 2.40. The summed E-state index contributed by atoms with van der Waals surface area (Å²) in [6.07, 6.45) is 5.20. The Labute approximate surface area is 179 Å². The first-order valence-corrected chi connectivity index (χ1v) is 10.7. The van der Waals surface area contributed by atoms with Crippen LogP contribution in [0.1, 0.15) is 82.9 Å². The predicted octanol–water partition coefficient (Wildman–Crippen LogP) is 2.15. The van der Waals surface area contributed by atoms with E-state index in [4.69, 9.17) is 4.74 Å². The molecule has 3 aliphatic rings. The van der Waals surface area contributed by atoms with Crippen LogP contribution in [0.2, 0.25) is 0 Å². The largest absolute Gasteiger partial charge is 0.449 e. The Bertz CT molecular complexity index is 949. The molecule has 2 aliphatic carbocycles. The van der Waals surface area contributed by atoms with E-state index in [9.17, 15) is 24.0 Å². The van der Waals surface area contributed by atoms with Crippen LogP contribution in [0.4, 0.5) is 4.79 Å². The van der Waals surface area contributed by atoms with Gasteiger partial charge in [0.2, 0.25) is 0 Å². The molecule has 2 N–H and O–H groups in total. The average Bonchev–Trinajstić information content (AvgIpc) is 3.53. The third kappa shape index (κ3) is 4.45. The third-order valence-corrected chi connectivity index (χ3v) is 5.90. The van der Waals surface area contributed by atoms with Crippen molar-refractivity contribution in [1.29, 1.82) is 0 Å². The molecule has 9 heteroatoms. The van der Waals surface area contributed by atoms with Crippen molar-refractivity contribution >= 4 is 29.7 Å². The summed E-state index contributed by atoms with van der Waals surface area (Å²) in [6.45, 7) is 1.35. The SMILES string of the molecule is CC(OC(=O)c1ccc2c(c1)C(=O)N(C1CCCCC1)C2=O)C(=O)NC(=O)NC1CC1. The summed E-state index contributed by atoms with van der Waals surface area (Å²) in [7, 11) is 0. The van der Waals surface area contributed by atoms with Gasteiger partial charge in [-0.25, -0.2) is 9.59 Å². The highest BCUT2D eigenvalue weighted by Crippen LogP contribution is 2.31. The summed E-state index contributed by atoms with van der Waals surface area (Å²) in [5.74, 6) is -2.29. The number of nitrogens with zero attached hydrogens (tertiary/aromatic N) is 1. The summed E-state index contributed by atoms with van der Waals surface area (Å²) in [5.41, 5.74) is 0.507. The average molecular weight is 427 g/mol. The monoisotopic (exact) mass is 427 g/mol. The van der Waals surface area contributed by atoms with Crippen LogP contribution in [0.5, 0.6) is 0 Å². The number of urea groups is 1. The number of nitrogens with one attached hydrogen (secondary N) is 2. The zero-order chi connectivity index (χ0) is 22.1. The van der Waals surface area contributed by atoms with E-state index in [2.05, 4.69) is 10.6 Å². The second kappa shape index (κ2) is 8.49. The number of hydrogen-bond acceptors (Lipinski definition) is 6. The van der Waals surface area contributed by atoms with E-state index in [1.807, 2.05) is 0 Å². The van der Waals surface area contributed by atoms with Gasteiger partial charge in [0, 0.05) is 12.1 Å². The number of esters is 1. The lowest BCUT2D eigenvalue weighted by Crippen LogP contribution is -2.45. The molecule has 2 fully saturated rings. The van der Waals surface area contributed by atoms with Gasteiger partial charge in [0.15, 0.2) is 6.10 Å². The van der Waals surface area contributed by atoms with Gasteiger partial charge in [-0.1, -0.05) is 19.3 Å². The van der Waals surface area contributed by atoms with Crippen molar-refractivity contribution in [3.8, 4) is 0 Å². The second-order valence-corrected chi connectivity index (χ2v) is 8.32. The van der Waals surface area contributed by atoms with Gasteiger partial charge in [0.25, 0.3) is 17.7 Å². The van der Waals surface area contributed by atoms with Crippen LogP contribution in [0.3, 0.4) is 0 Å². The van der Waals surface area contributed by atoms with Crippen LogP contribution in [0.15, 0.2) is 18.2 Å². The van der Waals surface area contributed by atoms with E-state index in [1.54, 1.807) is 0 Å². The molecule has 1 unspecified atom stereocenters. The van der Waals surface area contributed by atoms with Crippen LogP contribution >= 0.6 is 0 Å². The van der Waals surface area contributed by atoms with E-state index in [-0.39, 0.29) is 34.7 Å². The maximum atomic E-state index is 12.9. The van der Waals surface area contributed by atoms with Gasteiger partial charge in [0.1, 0.15) is 0 Å². The van der Waals surface area contributed by atoms with Crippen molar-refractivity contribution in [1.82, 2.24) is 15.5 Å². The van der Waals surface area contributed by atoms with Crippen molar-refractivity contribution in [2.24, 2.45) is 0 Å². The first-order valence-electron chi connectivity index (χ1n) is 10.7. The van der Waals surface area contributed by atoms with Crippen molar-refractivity contribution in [2.45, 2.75) is 70.1 Å². The molecule has 31 heavy (non-hydrogen) atoms. The minimum Gasteiger partial charge on any atom is -0.449 e. The molecule has 1 aromatic carbocycles. The quantitative estimate of drug-likeness (QED) is 0.548. The number of imide groups is 2. The topological polar surface area (TPSA) is 122 Å². The molecule has 5 amide bonds. The molecule has 0 saturated heterocycles. The molecule has 2 saturated carbocycles. The fourth-order valence-electron chi connectivity index (χ4n) is 4.00. The van der Waals surface area contributed by atoms with Gasteiger partial charge < -0.3 is 10.1 Å². The smallest absolute Gasteiger partial charge is 0.338 e. The Morgan fingerprint density at radius 3 is 2.35 bits per heavy atom. The predicted molar refractivity (Wildman–Crippen MR) is 108 cm³/mol. The van der Waals surface area contributed by atoms with Gasteiger partial charge in [0.05, 0.1) is 16.7 Å². The summed E-state index contributed by atoms with van der Waals surface area (Å²) < 4.78 is 5.14. The normalized spacial score (nSPS) is 19.6. The molecule has 9 nitrogen and oxygen atoms in total. The van der Waals surface area contributed by atoms with Gasteiger partial charge in [-0.3, -0.25) is 24.6 Å². The van der Waals surface area contributed by atoms with Crippen LogP contribution in [0, 0.1) is 0 Å². The molecule has 1 aliphatic heterocycles. The lowest BCUT2D eigenvalue weighted by atomic mass is 9.94. The lowest BCUT2D eigenvalue weighted by molar-refractivity contribution is -0.127. The first kappa shape index (κ1) is 21.0. The summed E-state index contributed by atoms with van der Waals surface area (Å²) in [5, 5.41) is 4.74. The molecular formula is C22H25N3O6. The molecule has 0 aromatic heterocycles. The van der Waals surface area contributed by atoms with Gasteiger partial charge >= 0.3 is 12.0 Å². The molecule has 1 aromatic rings. The van der Waals surface area contributed by atoms with E-state index in [0.717, 1.165) is 44.9 Å². The molecule has 4 rings (SSSR count). The van der Waals surface area contributed by atoms with Gasteiger partial charge in [-0.05, 0) is 50.8 Å². The van der Waals surface area contributed by atoms with Crippen molar-refractivity contribution in [2.75, 3.05) is 0 Å². The highest BCUT2D eigenvalue weighted by molar-refractivity contribution is 6.22. The Hall–Kier alpha value is -3.23. The van der Waals surface area contributed by atoms with Crippen LogP contribution < -0.4 is 10.6 Å². The zero-order valence-electron chi connectivity index (χ0n) is 17.3. The van der Waals surface area contributed by atoms with Crippen LogP contribution in [-0.4, -0.2) is 52.8 Å². The Kier molecular flexibility index (Phi) is 5.75. The number of benzene rings is 1. The Balaban J connectivity index is 1.40. The molecule has 1 heterocycles. The zero-order valence-corrected chi connectivity index (χ0v) is 17.3. The standard InChI is InChI=1S/C22H25N3O6/c1-12(18(26)24-22(30)23-14-8-9-14)31-21(29)13-7-10-16-17(11-13)20(28)25(19(16)27)15-5-3-2-4-6-15/h7,10-12,14-15H,2-6,8-9H2,1H3,(H2,23,24,26,30). The highest BCUT2D eigenvalue weighted by atomic mass is 16.5. The van der Waals surface area contributed by atoms with Gasteiger partial charge in [-0.2, -0.15) is 0 Å². The number of rotatable bonds is 5. The third-order valence-electron chi connectivity index (χ3n) is 5.90. The lowest BCUT2D eigenvalue weighted by Gasteiger charge is -2.29. The fourth-order valence-corrected chi connectivity index (χ4v) is 4.00. The maximum Gasteiger partial charge on any atom is 0.338 e. The molecular weight excluding hydrogens is 402 g/mol. The number of carbonyl (C=O) groups excluding carboxylic acids is 5. The van der Waals surface area contributed by atoms with Crippen molar-refractivity contribution in [3.05, 3.63) is 34.9 Å².